The first-order valence-corrected chi connectivity index (χ1v) is 10.3. The van der Waals surface area contributed by atoms with E-state index >= 15 is 0 Å². The van der Waals surface area contributed by atoms with E-state index in [4.69, 9.17) is 10.7 Å². The van der Waals surface area contributed by atoms with Crippen molar-refractivity contribution >= 4 is 16.8 Å². The molecule has 0 spiro atoms. The van der Waals surface area contributed by atoms with Gasteiger partial charge < -0.3 is 10.6 Å². The van der Waals surface area contributed by atoms with Crippen LogP contribution in [0.15, 0.2) is 48.5 Å². The standard InChI is InChI=1S/C25H29N3O/c1-16-9-10-18(17(2)13-16)22-14-20(19-7-5-6-8-21(19)27-22)24(29)28-12-11-23(26)25(3,4)15-28/h5-10,13-14,23H,11-12,15,26H2,1-4H3. The van der Waals surface area contributed by atoms with Crippen LogP contribution in [-0.4, -0.2) is 34.9 Å². The second-order valence-electron chi connectivity index (χ2n) is 9.00. The van der Waals surface area contributed by atoms with Crippen molar-refractivity contribution in [3.63, 3.8) is 0 Å². The number of pyridine rings is 1. The number of hydrogen-bond acceptors (Lipinski definition) is 3. The fraction of sp³-hybridized carbons (Fsp3) is 0.360. The zero-order valence-corrected chi connectivity index (χ0v) is 17.7. The van der Waals surface area contributed by atoms with E-state index in [1.54, 1.807) is 0 Å². The Morgan fingerprint density at radius 2 is 1.90 bits per heavy atom. The number of fused-ring (bicyclic) bond motifs is 1. The van der Waals surface area contributed by atoms with Crippen molar-refractivity contribution in [3.8, 4) is 11.3 Å². The molecule has 2 N–H and O–H groups in total. The molecule has 4 nitrogen and oxygen atoms in total. The molecule has 1 unspecified atom stereocenters. The van der Waals surface area contributed by atoms with Crippen LogP contribution in [0.4, 0.5) is 0 Å². The first kappa shape index (κ1) is 19.6. The lowest BCUT2D eigenvalue weighted by Crippen LogP contribution is -2.54. The molecule has 150 valence electrons. The lowest BCUT2D eigenvalue weighted by molar-refractivity contribution is 0.0535. The molecule has 4 rings (SSSR count). The quantitative estimate of drug-likeness (QED) is 0.692. The second kappa shape index (κ2) is 7.27. The Kier molecular flexibility index (Phi) is 4.91. The van der Waals surface area contributed by atoms with Crippen LogP contribution in [0.1, 0.15) is 41.8 Å². The number of nitrogens with zero attached hydrogens (tertiary/aromatic N) is 2. The molecule has 1 amide bonds. The van der Waals surface area contributed by atoms with Crippen LogP contribution in [0.5, 0.6) is 0 Å². The van der Waals surface area contributed by atoms with E-state index in [0.29, 0.717) is 13.1 Å². The van der Waals surface area contributed by atoms with Crippen molar-refractivity contribution in [2.75, 3.05) is 13.1 Å². The van der Waals surface area contributed by atoms with Crippen molar-refractivity contribution in [1.29, 1.82) is 0 Å². The van der Waals surface area contributed by atoms with E-state index in [1.807, 2.05) is 35.2 Å². The Bertz CT molecular complexity index is 1090. The zero-order valence-electron chi connectivity index (χ0n) is 17.7. The van der Waals surface area contributed by atoms with Gasteiger partial charge in [-0.15, -0.1) is 0 Å². The van der Waals surface area contributed by atoms with Crippen LogP contribution >= 0.6 is 0 Å². The highest BCUT2D eigenvalue weighted by atomic mass is 16.2. The Morgan fingerprint density at radius 1 is 1.14 bits per heavy atom. The normalized spacial score (nSPS) is 18.8. The minimum absolute atomic E-state index is 0.0644. The summed E-state index contributed by atoms with van der Waals surface area (Å²) >= 11 is 0. The fourth-order valence-electron chi connectivity index (χ4n) is 4.31. The maximum absolute atomic E-state index is 13.6. The van der Waals surface area contributed by atoms with E-state index < -0.39 is 0 Å². The van der Waals surface area contributed by atoms with Gasteiger partial charge in [0.05, 0.1) is 16.8 Å². The van der Waals surface area contributed by atoms with E-state index in [2.05, 4.69) is 45.9 Å². The highest BCUT2D eigenvalue weighted by Crippen LogP contribution is 2.32. The van der Waals surface area contributed by atoms with Crippen molar-refractivity contribution in [2.45, 2.75) is 40.2 Å². The topological polar surface area (TPSA) is 59.2 Å². The van der Waals surface area contributed by atoms with E-state index in [-0.39, 0.29) is 17.4 Å². The number of aryl methyl sites for hydroxylation is 2. The highest BCUT2D eigenvalue weighted by molar-refractivity contribution is 6.07. The van der Waals surface area contributed by atoms with Gasteiger partial charge in [-0.25, -0.2) is 4.98 Å². The van der Waals surface area contributed by atoms with Gasteiger partial charge in [0.1, 0.15) is 0 Å². The molecule has 2 aromatic carbocycles. The Labute approximate surface area is 172 Å². The van der Waals surface area contributed by atoms with Gasteiger partial charge in [0.15, 0.2) is 0 Å². The van der Waals surface area contributed by atoms with Crippen LogP contribution in [0.25, 0.3) is 22.2 Å². The molecule has 1 fully saturated rings. The number of carbonyl (C=O) groups excluding carboxylic acids is 1. The monoisotopic (exact) mass is 387 g/mol. The summed E-state index contributed by atoms with van der Waals surface area (Å²) < 4.78 is 0. The smallest absolute Gasteiger partial charge is 0.254 e. The minimum Gasteiger partial charge on any atom is -0.338 e. The summed E-state index contributed by atoms with van der Waals surface area (Å²) in [6.45, 7) is 9.82. The summed E-state index contributed by atoms with van der Waals surface area (Å²) in [6, 6.07) is 16.3. The van der Waals surface area contributed by atoms with E-state index in [9.17, 15) is 4.79 Å². The largest absolute Gasteiger partial charge is 0.338 e. The summed E-state index contributed by atoms with van der Waals surface area (Å²) in [5.74, 6) is 0.0644. The molecule has 0 bridgehead atoms. The predicted molar refractivity (Wildman–Crippen MR) is 119 cm³/mol. The molecule has 0 aliphatic carbocycles. The molecule has 29 heavy (non-hydrogen) atoms. The lowest BCUT2D eigenvalue weighted by Gasteiger charge is -2.42. The molecule has 1 aromatic heterocycles. The summed E-state index contributed by atoms with van der Waals surface area (Å²) in [5, 5.41) is 0.902. The number of piperidine rings is 1. The molecular formula is C25H29N3O. The molecule has 0 radical (unpaired) electrons. The summed E-state index contributed by atoms with van der Waals surface area (Å²) in [4.78, 5) is 20.4. The van der Waals surface area contributed by atoms with Gasteiger partial charge in [0, 0.05) is 30.1 Å². The van der Waals surface area contributed by atoms with Crippen molar-refractivity contribution < 1.29 is 4.79 Å². The Balaban J connectivity index is 1.82. The minimum atomic E-state index is -0.0902. The lowest BCUT2D eigenvalue weighted by atomic mass is 9.79. The SMILES string of the molecule is Cc1ccc(-c2cc(C(=O)N3CCC(N)C(C)(C)C3)c3ccccc3n2)c(C)c1. The highest BCUT2D eigenvalue weighted by Gasteiger charge is 2.36. The van der Waals surface area contributed by atoms with Gasteiger partial charge in [-0.3, -0.25) is 4.79 Å². The number of benzene rings is 2. The average Bonchev–Trinajstić information content (AvgIpc) is 2.68. The molecule has 1 atom stereocenters. The third-order valence-corrected chi connectivity index (χ3v) is 6.20. The second-order valence-corrected chi connectivity index (χ2v) is 9.00. The zero-order chi connectivity index (χ0) is 20.8. The number of amides is 1. The maximum atomic E-state index is 13.6. The van der Waals surface area contributed by atoms with Gasteiger partial charge >= 0.3 is 0 Å². The Morgan fingerprint density at radius 3 is 2.62 bits per heavy atom. The van der Waals surface area contributed by atoms with Crippen LogP contribution in [-0.2, 0) is 0 Å². The predicted octanol–water partition coefficient (Wildman–Crippen LogP) is 4.72. The van der Waals surface area contributed by atoms with Crippen LogP contribution < -0.4 is 5.73 Å². The summed E-state index contributed by atoms with van der Waals surface area (Å²) in [6.07, 6.45) is 0.825. The van der Waals surface area contributed by atoms with Crippen LogP contribution in [0.2, 0.25) is 0 Å². The number of nitrogens with two attached hydrogens (primary N) is 1. The number of hydrogen-bond donors (Lipinski definition) is 1. The van der Waals surface area contributed by atoms with Gasteiger partial charge in [-0.1, -0.05) is 55.8 Å². The van der Waals surface area contributed by atoms with Crippen LogP contribution in [0.3, 0.4) is 0 Å². The number of likely N-dealkylation sites (tertiary alicyclic amines) is 1. The fourth-order valence-corrected chi connectivity index (χ4v) is 4.31. The van der Waals surface area contributed by atoms with Crippen LogP contribution in [0, 0.1) is 19.3 Å². The number of rotatable bonds is 2. The third-order valence-electron chi connectivity index (χ3n) is 6.20. The number of para-hydroxylation sites is 1. The average molecular weight is 388 g/mol. The molecule has 1 saturated heterocycles. The first-order valence-electron chi connectivity index (χ1n) is 10.3. The van der Waals surface area contributed by atoms with Crippen molar-refractivity contribution in [2.24, 2.45) is 11.1 Å². The summed E-state index contributed by atoms with van der Waals surface area (Å²) in [5.41, 5.74) is 12.1. The van der Waals surface area contributed by atoms with Gasteiger partial charge in [0.25, 0.3) is 5.91 Å². The molecule has 1 aliphatic heterocycles. The molecule has 2 heterocycles. The molecular weight excluding hydrogens is 358 g/mol. The third kappa shape index (κ3) is 3.65. The summed E-state index contributed by atoms with van der Waals surface area (Å²) in [7, 11) is 0. The van der Waals surface area contributed by atoms with E-state index in [0.717, 1.165) is 39.7 Å². The number of carbonyl (C=O) groups is 1. The van der Waals surface area contributed by atoms with Gasteiger partial charge in [-0.05, 0) is 43.4 Å². The van der Waals surface area contributed by atoms with Crippen molar-refractivity contribution in [3.05, 3.63) is 65.2 Å². The first-order chi connectivity index (χ1) is 13.8. The van der Waals surface area contributed by atoms with E-state index in [1.165, 1.54) is 5.56 Å². The Hall–Kier alpha value is -2.72. The molecule has 4 heteroatoms. The van der Waals surface area contributed by atoms with Crippen molar-refractivity contribution in [1.82, 2.24) is 9.88 Å². The maximum Gasteiger partial charge on any atom is 0.254 e. The molecule has 0 saturated carbocycles. The molecule has 1 aliphatic rings. The molecule has 3 aromatic rings. The number of aromatic nitrogens is 1. The van der Waals surface area contributed by atoms with Gasteiger partial charge in [-0.2, -0.15) is 0 Å². The van der Waals surface area contributed by atoms with Gasteiger partial charge in [0.2, 0.25) is 0 Å².